The van der Waals surface area contributed by atoms with Gasteiger partial charge in [-0.3, -0.25) is 9.69 Å². The van der Waals surface area contributed by atoms with Gasteiger partial charge in [0.25, 0.3) is 0 Å². The predicted octanol–water partition coefficient (Wildman–Crippen LogP) is 1.58. The molecule has 0 aromatic heterocycles. The second-order valence-electron chi connectivity index (χ2n) is 4.04. The normalized spacial score (nSPS) is 30.3. The first-order chi connectivity index (χ1) is 6.11. The third-order valence-electron chi connectivity index (χ3n) is 3.12. The second kappa shape index (κ2) is 4.61. The molecule has 13 heavy (non-hydrogen) atoms. The van der Waals surface area contributed by atoms with E-state index >= 15 is 0 Å². The van der Waals surface area contributed by atoms with E-state index in [1.165, 1.54) is 12.8 Å². The summed E-state index contributed by atoms with van der Waals surface area (Å²) in [5.74, 6) is 0.0213. The number of carboxylic acids is 1. The lowest BCUT2D eigenvalue weighted by Crippen LogP contribution is -2.43. The van der Waals surface area contributed by atoms with Crippen LogP contribution in [0.15, 0.2) is 0 Å². The van der Waals surface area contributed by atoms with Gasteiger partial charge in [-0.25, -0.2) is 0 Å². The molecule has 2 unspecified atom stereocenters. The van der Waals surface area contributed by atoms with Crippen molar-refractivity contribution in [3.8, 4) is 0 Å². The van der Waals surface area contributed by atoms with Crippen LogP contribution in [0.5, 0.6) is 0 Å². The van der Waals surface area contributed by atoms with Gasteiger partial charge in [0.2, 0.25) is 0 Å². The van der Waals surface area contributed by atoms with Crippen LogP contribution >= 0.6 is 0 Å². The van der Waals surface area contributed by atoms with Gasteiger partial charge in [-0.1, -0.05) is 6.92 Å². The van der Waals surface area contributed by atoms with E-state index in [1.807, 2.05) is 0 Å². The molecular formula is C10H19NO2. The summed E-state index contributed by atoms with van der Waals surface area (Å²) < 4.78 is 0. The largest absolute Gasteiger partial charge is 0.481 e. The summed E-state index contributed by atoms with van der Waals surface area (Å²) in [7, 11) is 0. The third-order valence-corrected chi connectivity index (χ3v) is 3.12. The molecule has 0 aromatic rings. The molecule has 0 amide bonds. The van der Waals surface area contributed by atoms with Crippen LogP contribution in [0.2, 0.25) is 0 Å². The summed E-state index contributed by atoms with van der Waals surface area (Å²) in [6.45, 7) is 6.23. The third kappa shape index (κ3) is 2.99. The number of hydrogen-bond donors (Lipinski definition) is 1. The molecule has 1 fully saturated rings. The Bertz CT molecular complexity index is 182. The molecule has 0 radical (unpaired) electrons. The van der Waals surface area contributed by atoms with Crippen LogP contribution < -0.4 is 0 Å². The Balaban J connectivity index is 2.35. The fraction of sp³-hybridized carbons (Fsp3) is 0.900. The highest BCUT2D eigenvalue weighted by Gasteiger charge is 2.24. The number of carboxylic acid groups (broad SMARTS) is 1. The molecular weight excluding hydrogens is 166 g/mol. The van der Waals surface area contributed by atoms with Gasteiger partial charge in [0.15, 0.2) is 0 Å². The molecule has 1 aliphatic rings. The quantitative estimate of drug-likeness (QED) is 0.725. The van der Waals surface area contributed by atoms with Gasteiger partial charge in [-0.05, 0) is 32.2 Å². The van der Waals surface area contributed by atoms with E-state index in [0.717, 1.165) is 6.54 Å². The molecule has 0 aromatic carbocycles. The highest BCUT2D eigenvalue weighted by Crippen LogP contribution is 2.22. The van der Waals surface area contributed by atoms with Crippen LogP contribution in [0.4, 0.5) is 0 Å². The van der Waals surface area contributed by atoms with Gasteiger partial charge < -0.3 is 5.11 Å². The molecule has 0 saturated carbocycles. The van der Waals surface area contributed by atoms with Crippen LogP contribution in [-0.4, -0.2) is 35.1 Å². The molecule has 1 aliphatic heterocycles. The van der Waals surface area contributed by atoms with Gasteiger partial charge >= 0.3 is 5.97 Å². The van der Waals surface area contributed by atoms with Crippen molar-refractivity contribution < 1.29 is 9.90 Å². The first-order valence-electron chi connectivity index (χ1n) is 5.07. The second-order valence-corrected chi connectivity index (χ2v) is 4.04. The standard InChI is InChI=1S/C10H19NO2/c1-8-4-3-6-11(9(8)2)7-5-10(12)13/h8-9H,3-7H2,1-2H3,(H,12,13). The van der Waals surface area contributed by atoms with Crippen LogP contribution in [0.1, 0.15) is 33.1 Å². The number of nitrogens with zero attached hydrogens (tertiary/aromatic N) is 1. The SMILES string of the molecule is CC1CCCN(CCC(=O)O)C1C. The minimum atomic E-state index is -0.689. The Morgan fingerprint density at radius 2 is 2.23 bits per heavy atom. The highest BCUT2D eigenvalue weighted by molar-refractivity contribution is 5.66. The molecule has 1 heterocycles. The van der Waals surface area contributed by atoms with Crippen molar-refractivity contribution in [2.45, 2.75) is 39.2 Å². The minimum Gasteiger partial charge on any atom is -0.481 e. The molecule has 1 saturated heterocycles. The monoisotopic (exact) mass is 185 g/mol. The van der Waals surface area contributed by atoms with Gasteiger partial charge in [0.1, 0.15) is 0 Å². The molecule has 1 N–H and O–H groups in total. The van der Waals surface area contributed by atoms with Crippen molar-refractivity contribution in [1.29, 1.82) is 0 Å². The van der Waals surface area contributed by atoms with E-state index in [-0.39, 0.29) is 6.42 Å². The van der Waals surface area contributed by atoms with Crippen molar-refractivity contribution in [3.05, 3.63) is 0 Å². The van der Waals surface area contributed by atoms with E-state index in [1.54, 1.807) is 0 Å². The maximum atomic E-state index is 10.4. The molecule has 1 rings (SSSR count). The summed E-state index contributed by atoms with van der Waals surface area (Å²) in [6, 6.07) is 0.549. The molecule has 2 atom stereocenters. The lowest BCUT2D eigenvalue weighted by atomic mass is 9.92. The van der Waals surface area contributed by atoms with Crippen molar-refractivity contribution in [1.82, 2.24) is 4.90 Å². The van der Waals surface area contributed by atoms with Crippen molar-refractivity contribution in [3.63, 3.8) is 0 Å². The van der Waals surface area contributed by atoms with Gasteiger partial charge in [0.05, 0.1) is 6.42 Å². The minimum absolute atomic E-state index is 0.275. The number of aliphatic carboxylic acids is 1. The Morgan fingerprint density at radius 1 is 1.54 bits per heavy atom. The maximum absolute atomic E-state index is 10.4. The smallest absolute Gasteiger partial charge is 0.304 e. The van der Waals surface area contributed by atoms with E-state index in [0.29, 0.717) is 18.5 Å². The van der Waals surface area contributed by atoms with Crippen LogP contribution in [-0.2, 0) is 4.79 Å². The number of likely N-dealkylation sites (tertiary alicyclic amines) is 1. The maximum Gasteiger partial charge on any atom is 0.304 e. The average Bonchev–Trinajstić information content (AvgIpc) is 2.07. The lowest BCUT2D eigenvalue weighted by Gasteiger charge is -2.37. The zero-order valence-electron chi connectivity index (χ0n) is 8.49. The summed E-state index contributed by atoms with van der Waals surface area (Å²) in [4.78, 5) is 12.7. The Morgan fingerprint density at radius 3 is 2.85 bits per heavy atom. The summed E-state index contributed by atoms with van der Waals surface area (Å²) in [6.07, 6.45) is 2.77. The average molecular weight is 185 g/mol. The number of rotatable bonds is 3. The zero-order chi connectivity index (χ0) is 9.84. The fourth-order valence-corrected chi connectivity index (χ4v) is 1.98. The first kappa shape index (κ1) is 10.5. The lowest BCUT2D eigenvalue weighted by molar-refractivity contribution is -0.137. The van der Waals surface area contributed by atoms with Crippen LogP contribution in [0, 0.1) is 5.92 Å². The van der Waals surface area contributed by atoms with E-state index in [9.17, 15) is 4.79 Å². The molecule has 0 spiro atoms. The number of carbonyl (C=O) groups is 1. The topological polar surface area (TPSA) is 40.5 Å². The van der Waals surface area contributed by atoms with Gasteiger partial charge in [-0.15, -0.1) is 0 Å². The fourth-order valence-electron chi connectivity index (χ4n) is 1.98. The van der Waals surface area contributed by atoms with E-state index in [2.05, 4.69) is 18.7 Å². The molecule has 0 aliphatic carbocycles. The number of piperidine rings is 1. The Hall–Kier alpha value is -0.570. The number of hydrogen-bond acceptors (Lipinski definition) is 2. The van der Waals surface area contributed by atoms with Gasteiger partial charge in [0, 0.05) is 12.6 Å². The van der Waals surface area contributed by atoms with E-state index in [4.69, 9.17) is 5.11 Å². The highest BCUT2D eigenvalue weighted by atomic mass is 16.4. The van der Waals surface area contributed by atoms with Crippen LogP contribution in [0.25, 0.3) is 0 Å². The summed E-state index contributed by atoms with van der Waals surface area (Å²) in [5, 5.41) is 8.57. The van der Waals surface area contributed by atoms with Crippen LogP contribution in [0.3, 0.4) is 0 Å². The molecule has 0 bridgehead atoms. The molecule has 3 nitrogen and oxygen atoms in total. The van der Waals surface area contributed by atoms with E-state index < -0.39 is 5.97 Å². The molecule has 76 valence electrons. The Kier molecular flexibility index (Phi) is 3.72. The van der Waals surface area contributed by atoms with Crippen molar-refractivity contribution in [2.24, 2.45) is 5.92 Å². The van der Waals surface area contributed by atoms with Gasteiger partial charge in [-0.2, -0.15) is 0 Å². The van der Waals surface area contributed by atoms with Crippen molar-refractivity contribution >= 4 is 5.97 Å². The summed E-state index contributed by atoms with van der Waals surface area (Å²) >= 11 is 0. The zero-order valence-corrected chi connectivity index (χ0v) is 8.49. The molecule has 3 heteroatoms. The Labute approximate surface area is 79.7 Å². The first-order valence-corrected chi connectivity index (χ1v) is 5.07. The summed E-state index contributed by atoms with van der Waals surface area (Å²) in [5.41, 5.74) is 0. The predicted molar refractivity (Wildman–Crippen MR) is 51.7 cm³/mol. The van der Waals surface area contributed by atoms with Crippen molar-refractivity contribution in [2.75, 3.05) is 13.1 Å².